The van der Waals surface area contributed by atoms with Gasteiger partial charge in [-0.1, -0.05) is 37.6 Å². The quantitative estimate of drug-likeness (QED) is 0.204. The fourth-order valence-electron chi connectivity index (χ4n) is 4.34. The van der Waals surface area contributed by atoms with E-state index in [1.54, 1.807) is 49.5 Å². The third kappa shape index (κ3) is 5.96. The normalized spacial score (nSPS) is 11.7. The molecule has 204 valence electrons. The summed E-state index contributed by atoms with van der Waals surface area (Å²) in [6.45, 7) is 4.42. The molecule has 0 saturated heterocycles. The van der Waals surface area contributed by atoms with Gasteiger partial charge in [0, 0.05) is 23.2 Å². The SMILES string of the molecule is CCCCN(C(=O)Nc1ccccc1Br)C(C)c1nc2ccccc2c(=O)n1-c1cc(OC)cc(OC)c1Br. The van der Waals surface area contributed by atoms with Gasteiger partial charge in [0.2, 0.25) is 0 Å². The predicted molar refractivity (Wildman–Crippen MR) is 161 cm³/mol. The van der Waals surface area contributed by atoms with E-state index in [0.29, 0.717) is 50.6 Å². The number of nitrogens with one attached hydrogen (secondary N) is 1. The second-order valence-electron chi connectivity index (χ2n) is 8.92. The topological polar surface area (TPSA) is 85.7 Å². The van der Waals surface area contributed by atoms with Gasteiger partial charge in [-0.2, -0.15) is 0 Å². The molecule has 10 heteroatoms. The van der Waals surface area contributed by atoms with Gasteiger partial charge in [-0.25, -0.2) is 9.78 Å². The zero-order valence-electron chi connectivity index (χ0n) is 22.2. The number of nitrogens with zero attached hydrogens (tertiary/aromatic N) is 3. The molecule has 1 atom stereocenters. The van der Waals surface area contributed by atoms with Crippen molar-refractivity contribution in [2.45, 2.75) is 32.7 Å². The number of unbranched alkanes of at least 4 members (excludes halogenated alkanes) is 1. The largest absolute Gasteiger partial charge is 0.497 e. The Morgan fingerprint density at radius 1 is 1.08 bits per heavy atom. The lowest BCUT2D eigenvalue weighted by atomic mass is 10.1. The van der Waals surface area contributed by atoms with Crippen molar-refractivity contribution in [3.05, 3.63) is 85.8 Å². The summed E-state index contributed by atoms with van der Waals surface area (Å²) in [4.78, 5) is 34.4. The highest BCUT2D eigenvalue weighted by molar-refractivity contribution is 9.11. The van der Waals surface area contributed by atoms with Crippen LogP contribution in [0.15, 0.2) is 74.4 Å². The lowest BCUT2D eigenvalue weighted by Crippen LogP contribution is -2.40. The molecule has 0 aliphatic carbocycles. The van der Waals surface area contributed by atoms with Crippen LogP contribution in [-0.2, 0) is 0 Å². The zero-order valence-corrected chi connectivity index (χ0v) is 25.4. The molecule has 1 unspecified atom stereocenters. The number of carbonyl (C=O) groups excluding carboxylic acids is 1. The number of hydrogen-bond acceptors (Lipinski definition) is 5. The molecule has 0 aliphatic heterocycles. The maximum absolute atomic E-state index is 14.0. The molecule has 0 bridgehead atoms. The number of amides is 2. The Kier molecular flexibility index (Phi) is 9.29. The van der Waals surface area contributed by atoms with Crippen LogP contribution in [0.1, 0.15) is 38.6 Å². The highest BCUT2D eigenvalue weighted by Crippen LogP contribution is 2.37. The smallest absolute Gasteiger partial charge is 0.322 e. The Labute approximate surface area is 244 Å². The number of urea groups is 1. The summed E-state index contributed by atoms with van der Waals surface area (Å²) in [5, 5.41) is 3.46. The molecule has 1 aromatic heterocycles. The number of aromatic nitrogens is 2. The number of para-hydroxylation sites is 2. The molecular weight excluding hydrogens is 628 g/mol. The van der Waals surface area contributed by atoms with E-state index in [4.69, 9.17) is 14.5 Å². The van der Waals surface area contributed by atoms with Gasteiger partial charge in [0.15, 0.2) is 0 Å². The molecule has 0 spiro atoms. The summed E-state index contributed by atoms with van der Waals surface area (Å²) in [6.07, 6.45) is 1.67. The molecule has 1 N–H and O–H groups in total. The third-order valence-electron chi connectivity index (χ3n) is 6.46. The second kappa shape index (κ2) is 12.7. The number of ether oxygens (including phenoxy) is 2. The minimum absolute atomic E-state index is 0.264. The fourth-order valence-corrected chi connectivity index (χ4v) is 5.29. The first kappa shape index (κ1) is 28.6. The number of rotatable bonds is 9. The van der Waals surface area contributed by atoms with Gasteiger partial charge in [0.05, 0.1) is 47.0 Å². The van der Waals surface area contributed by atoms with E-state index >= 15 is 0 Å². The van der Waals surface area contributed by atoms with E-state index in [9.17, 15) is 9.59 Å². The van der Waals surface area contributed by atoms with Crippen molar-refractivity contribution in [2.75, 3.05) is 26.1 Å². The number of hydrogen-bond donors (Lipinski definition) is 1. The van der Waals surface area contributed by atoms with Crippen LogP contribution >= 0.6 is 31.9 Å². The predicted octanol–water partition coefficient (Wildman–Crippen LogP) is 7.32. The molecule has 4 aromatic rings. The highest BCUT2D eigenvalue weighted by atomic mass is 79.9. The molecule has 0 fully saturated rings. The highest BCUT2D eigenvalue weighted by Gasteiger charge is 2.28. The molecule has 0 saturated carbocycles. The average molecular weight is 658 g/mol. The minimum Gasteiger partial charge on any atom is -0.497 e. The van der Waals surface area contributed by atoms with Crippen LogP contribution in [0.4, 0.5) is 10.5 Å². The Balaban J connectivity index is 1.92. The summed E-state index contributed by atoms with van der Waals surface area (Å²) >= 11 is 7.12. The minimum atomic E-state index is -0.569. The second-order valence-corrected chi connectivity index (χ2v) is 10.6. The van der Waals surface area contributed by atoms with E-state index in [2.05, 4.69) is 44.1 Å². The standard InChI is InChI=1S/C29H30Br2N4O4/c1-5-6-15-34(29(37)33-23-14-10-8-12-21(23)30)18(2)27-32-22-13-9-7-11-20(22)28(36)35(27)24-16-19(38-3)17-25(39-4)26(24)31/h7-14,16-18H,5-6,15H2,1-4H3,(H,33,37). The summed E-state index contributed by atoms with van der Waals surface area (Å²) in [5.74, 6) is 1.42. The van der Waals surface area contributed by atoms with Gasteiger partial charge < -0.3 is 19.7 Å². The van der Waals surface area contributed by atoms with Gasteiger partial charge in [-0.15, -0.1) is 0 Å². The van der Waals surface area contributed by atoms with Crippen molar-refractivity contribution >= 4 is 54.5 Å². The summed E-state index contributed by atoms with van der Waals surface area (Å²) < 4.78 is 13.9. The Hall–Kier alpha value is -3.37. The van der Waals surface area contributed by atoms with Crippen LogP contribution in [0, 0.1) is 0 Å². The van der Waals surface area contributed by atoms with Gasteiger partial charge in [0.25, 0.3) is 5.56 Å². The lowest BCUT2D eigenvalue weighted by molar-refractivity contribution is 0.188. The van der Waals surface area contributed by atoms with E-state index in [0.717, 1.165) is 17.3 Å². The van der Waals surface area contributed by atoms with Crippen LogP contribution in [0.25, 0.3) is 16.6 Å². The van der Waals surface area contributed by atoms with Crippen molar-refractivity contribution < 1.29 is 14.3 Å². The molecule has 8 nitrogen and oxygen atoms in total. The molecule has 1 heterocycles. The lowest BCUT2D eigenvalue weighted by Gasteiger charge is -2.31. The van der Waals surface area contributed by atoms with Crippen LogP contribution in [0.2, 0.25) is 0 Å². The number of benzene rings is 3. The zero-order chi connectivity index (χ0) is 28.1. The maximum Gasteiger partial charge on any atom is 0.322 e. The third-order valence-corrected chi connectivity index (χ3v) is 7.95. The van der Waals surface area contributed by atoms with E-state index < -0.39 is 6.04 Å². The van der Waals surface area contributed by atoms with E-state index in [1.807, 2.05) is 37.3 Å². The first-order valence-electron chi connectivity index (χ1n) is 12.6. The summed E-state index contributed by atoms with van der Waals surface area (Å²) in [5.41, 5.74) is 1.44. The molecule has 39 heavy (non-hydrogen) atoms. The molecule has 3 aromatic carbocycles. The van der Waals surface area contributed by atoms with Crippen molar-refractivity contribution in [2.24, 2.45) is 0 Å². The van der Waals surface area contributed by atoms with Crippen molar-refractivity contribution in [3.63, 3.8) is 0 Å². The molecule has 2 amide bonds. The van der Waals surface area contributed by atoms with E-state index in [1.165, 1.54) is 4.57 Å². The van der Waals surface area contributed by atoms with Gasteiger partial charge >= 0.3 is 6.03 Å². The Morgan fingerprint density at radius 2 is 1.79 bits per heavy atom. The van der Waals surface area contributed by atoms with E-state index in [-0.39, 0.29) is 11.6 Å². The van der Waals surface area contributed by atoms with Crippen molar-refractivity contribution in [1.82, 2.24) is 14.5 Å². The first-order valence-corrected chi connectivity index (χ1v) is 14.1. The summed E-state index contributed by atoms with van der Waals surface area (Å²) in [6, 6.07) is 17.2. The van der Waals surface area contributed by atoms with Crippen LogP contribution < -0.4 is 20.3 Å². The Bertz CT molecular complexity index is 1560. The Morgan fingerprint density at radius 3 is 2.49 bits per heavy atom. The molecular formula is C29H30Br2N4O4. The monoisotopic (exact) mass is 656 g/mol. The van der Waals surface area contributed by atoms with Gasteiger partial charge in [-0.05, 0) is 69.5 Å². The summed E-state index contributed by atoms with van der Waals surface area (Å²) in [7, 11) is 3.10. The average Bonchev–Trinajstić information content (AvgIpc) is 2.94. The molecule has 0 radical (unpaired) electrons. The van der Waals surface area contributed by atoms with Crippen molar-refractivity contribution in [3.8, 4) is 17.2 Å². The van der Waals surface area contributed by atoms with Crippen molar-refractivity contribution in [1.29, 1.82) is 0 Å². The number of carbonyl (C=O) groups is 1. The number of methoxy groups -OCH3 is 2. The van der Waals surface area contributed by atoms with Crippen LogP contribution in [0.3, 0.4) is 0 Å². The first-order chi connectivity index (χ1) is 18.8. The molecule has 4 rings (SSSR count). The van der Waals surface area contributed by atoms with Gasteiger partial charge in [0.1, 0.15) is 17.3 Å². The van der Waals surface area contributed by atoms with Crippen LogP contribution in [0.5, 0.6) is 11.5 Å². The van der Waals surface area contributed by atoms with Gasteiger partial charge in [-0.3, -0.25) is 9.36 Å². The van der Waals surface area contributed by atoms with Crippen LogP contribution in [-0.4, -0.2) is 41.2 Å². The number of halogens is 2. The molecule has 0 aliphatic rings. The fraction of sp³-hybridized carbons (Fsp3) is 0.276. The number of anilines is 1. The maximum atomic E-state index is 14.0. The number of fused-ring (bicyclic) bond motifs is 1.